The summed E-state index contributed by atoms with van der Waals surface area (Å²) in [6.07, 6.45) is 3.28. The maximum absolute atomic E-state index is 5.59. The molecule has 2 atom stereocenters. The average Bonchev–Trinajstić information content (AvgIpc) is 2.84. The van der Waals surface area contributed by atoms with Crippen LogP contribution < -0.4 is 16.6 Å². The van der Waals surface area contributed by atoms with Crippen molar-refractivity contribution in [2.75, 3.05) is 23.9 Å². The lowest BCUT2D eigenvalue weighted by Gasteiger charge is -2.18. The van der Waals surface area contributed by atoms with Crippen molar-refractivity contribution in [3.05, 3.63) is 11.4 Å². The standard InChI is InChI=1S/C14H25N5O/c1-4-5-12-17-13(9(2)14(18-12)19-15)16-8-11-6-7-20-10(11)3/h10-11H,4-8,15H2,1-3H3,(H2,16,17,18,19). The van der Waals surface area contributed by atoms with E-state index >= 15 is 0 Å². The van der Waals surface area contributed by atoms with Crippen molar-refractivity contribution >= 4 is 11.6 Å². The summed E-state index contributed by atoms with van der Waals surface area (Å²) >= 11 is 0. The van der Waals surface area contributed by atoms with Gasteiger partial charge in [0.05, 0.1) is 6.10 Å². The van der Waals surface area contributed by atoms with Crippen molar-refractivity contribution < 1.29 is 4.74 Å². The van der Waals surface area contributed by atoms with Gasteiger partial charge in [-0.3, -0.25) is 0 Å². The molecular weight excluding hydrogens is 254 g/mol. The van der Waals surface area contributed by atoms with Crippen LogP contribution in [0.15, 0.2) is 0 Å². The lowest BCUT2D eigenvalue weighted by atomic mass is 10.0. The van der Waals surface area contributed by atoms with Gasteiger partial charge in [-0.15, -0.1) is 0 Å². The van der Waals surface area contributed by atoms with E-state index in [0.717, 1.165) is 49.6 Å². The largest absolute Gasteiger partial charge is 0.378 e. The number of hydrogen-bond donors (Lipinski definition) is 3. The van der Waals surface area contributed by atoms with E-state index in [1.165, 1.54) is 0 Å². The molecule has 1 aromatic rings. The number of hydrogen-bond acceptors (Lipinski definition) is 6. The first kappa shape index (κ1) is 15.0. The number of nitrogens with one attached hydrogen (secondary N) is 2. The summed E-state index contributed by atoms with van der Waals surface area (Å²) in [6, 6.07) is 0. The van der Waals surface area contributed by atoms with Crippen LogP contribution in [0, 0.1) is 12.8 Å². The van der Waals surface area contributed by atoms with Crippen LogP contribution in [-0.4, -0.2) is 29.2 Å². The summed E-state index contributed by atoms with van der Waals surface area (Å²) in [6.45, 7) is 7.94. The minimum Gasteiger partial charge on any atom is -0.378 e. The van der Waals surface area contributed by atoms with Gasteiger partial charge in [0.25, 0.3) is 0 Å². The summed E-state index contributed by atoms with van der Waals surface area (Å²) in [7, 11) is 0. The fourth-order valence-electron chi connectivity index (χ4n) is 2.48. The molecule has 6 nitrogen and oxygen atoms in total. The number of nitrogen functional groups attached to an aromatic ring is 1. The molecule has 112 valence electrons. The lowest BCUT2D eigenvalue weighted by Crippen LogP contribution is -2.22. The van der Waals surface area contributed by atoms with Crippen LogP contribution in [-0.2, 0) is 11.2 Å². The van der Waals surface area contributed by atoms with Gasteiger partial charge in [-0.1, -0.05) is 6.92 Å². The van der Waals surface area contributed by atoms with Gasteiger partial charge in [0.15, 0.2) is 0 Å². The second-order valence-corrected chi connectivity index (χ2v) is 5.36. The number of nitrogens with zero attached hydrogens (tertiary/aromatic N) is 2. The molecule has 4 N–H and O–H groups in total. The fourth-order valence-corrected chi connectivity index (χ4v) is 2.48. The van der Waals surface area contributed by atoms with Gasteiger partial charge in [0.1, 0.15) is 17.5 Å². The highest BCUT2D eigenvalue weighted by molar-refractivity contribution is 5.56. The Morgan fingerprint density at radius 3 is 2.70 bits per heavy atom. The number of rotatable bonds is 6. The maximum atomic E-state index is 5.59. The van der Waals surface area contributed by atoms with Crippen molar-refractivity contribution in [1.82, 2.24) is 9.97 Å². The topological polar surface area (TPSA) is 85.1 Å². The molecule has 0 radical (unpaired) electrons. The quantitative estimate of drug-likeness (QED) is 0.544. The van der Waals surface area contributed by atoms with Crippen LogP contribution >= 0.6 is 0 Å². The predicted octanol–water partition coefficient (Wildman–Crippen LogP) is 1.86. The lowest BCUT2D eigenvalue weighted by molar-refractivity contribution is 0.108. The molecule has 0 amide bonds. The molecule has 1 saturated heterocycles. The van der Waals surface area contributed by atoms with Crippen LogP contribution in [0.25, 0.3) is 0 Å². The molecule has 0 spiro atoms. The normalized spacial score (nSPS) is 22.0. The van der Waals surface area contributed by atoms with Gasteiger partial charge in [-0.05, 0) is 26.7 Å². The van der Waals surface area contributed by atoms with Crippen molar-refractivity contribution in [3.63, 3.8) is 0 Å². The van der Waals surface area contributed by atoms with E-state index in [2.05, 4.69) is 34.6 Å². The van der Waals surface area contributed by atoms with Crippen LogP contribution in [0.1, 0.15) is 38.1 Å². The molecule has 20 heavy (non-hydrogen) atoms. The van der Waals surface area contributed by atoms with Crippen molar-refractivity contribution in [1.29, 1.82) is 0 Å². The summed E-state index contributed by atoms with van der Waals surface area (Å²) in [5.74, 6) is 8.46. The first-order valence-corrected chi connectivity index (χ1v) is 7.35. The van der Waals surface area contributed by atoms with Gasteiger partial charge in [-0.25, -0.2) is 15.8 Å². The Labute approximate surface area is 120 Å². The molecule has 1 aliphatic heterocycles. The third kappa shape index (κ3) is 3.37. The highest BCUT2D eigenvalue weighted by Crippen LogP contribution is 2.23. The van der Waals surface area contributed by atoms with E-state index in [0.29, 0.717) is 17.8 Å². The van der Waals surface area contributed by atoms with Gasteiger partial charge in [0.2, 0.25) is 0 Å². The van der Waals surface area contributed by atoms with Crippen molar-refractivity contribution in [2.45, 2.75) is 46.1 Å². The smallest absolute Gasteiger partial charge is 0.148 e. The molecule has 0 saturated carbocycles. The van der Waals surface area contributed by atoms with Crippen LogP contribution in [0.5, 0.6) is 0 Å². The van der Waals surface area contributed by atoms with E-state index in [4.69, 9.17) is 10.6 Å². The SMILES string of the molecule is CCCc1nc(NN)c(C)c(NCC2CCOC2C)n1. The summed E-state index contributed by atoms with van der Waals surface area (Å²) in [5, 5.41) is 3.43. The predicted molar refractivity (Wildman–Crippen MR) is 80.6 cm³/mol. The summed E-state index contributed by atoms with van der Waals surface area (Å²) in [4.78, 5) is 9.02. The number of aromatic nitrogens is 2. The number of anilines is 2. The zero-order chi connectivity index (χ0) is 14.5. The Morgan fingerprint density at radius 1 is 1.35 bits per heavy atom. The van der Waals surface area contributed by atoms with E-state index < -0.39 is 0 Å². The first-order valence-electron chi connectivity index (χ1n) is 7.35. The van der Waals surface area contributed by atoms with E-state index in [1.807, 2.05) is 6.92 Å². The molecule has 0 aromatic carbocycles. The van der Waals surface area contributed by atoms with E-state index in [9.17, 15) is 0 Å². The first-order chi connectivity index (χ1) is 9.65. The van der Waals surface area contributed by atoms with Crippen molar-refractivity contribution in [3.8, 4) is 0 Å². The molecule has 6 heteroatoms. The zero-order valence-electron chi connectivity index (χ0n) is 12.6. The zero-order valence-corrected chi connectivity index (χ0v) is 12.6. The third-order valence-electron chi connectivity index (χ3n) is 3.87. The summed E-state index contributed by atoms with van der Waals surface area (Å²) < 4.78 is 5.59. The monoisotopic (exact) mass is 279 g/mol. The van der Waals surface area contributed by atoms with Crippen LogP contribution in [0.2, 0.25) is 0 Å². The van der Waals surface area contributed by atoms with Gasteiger partial charge < -0.3 is 15.5 Å². The molecular formula is C14H25N5O. The molecule has 1 aliphatic rings. The fraction of sp³-hybridized carbons (Fsp3) is 0.714. The highest BCUT2D eigenvalue weighted by atomic mass is 16.5. The molecule has 1 fully saturated rings. The van der Waals surface area contributed by atoms with E-state index in [1.54, 1.807) is 0 Å². The Kier molecular flexibility index (Phi) is 5.14. The Hall–Kier alpha value is -1.40. The second kappa shape index (κ2) is 6.85. The van der Waals surface area contributed by atoms with E-state index in [-0.39, 0.29) is 0 Å². The van der Waals surface area contributed by atoms with Gasteiger partial charge in [0, 0.05) is 31.1 Å². The molecule has 2 unspecified atom stereocenters. The van der Waals surface area contributed by atoms with Gasteiger partial charge in [-0.2, -0.15) is 0 Å². The Morgan fingerprint density at radius 2 is 2.10 bits per heavy atom. The minimum atomic E-state index is 0.312. The third-order valence-corrected chi connectivity index (χ3v) is 3.87. The molecule has 0 bridgehead atoms. The molecule has 2 heterocycles. The number of aryl methyl sites for hydroxylation is 1. The Balaban J connectivity index is 2.10. The molecule has 1 aromatic heterocycles. The molecule has 2 rings (SSSR count). The number of ether oxygens (including phenoxy) is 1. The van der Waals surface area contributed by atoms with Crippen LogP contribution in [0.4, 0.5) is 11.6 Å². The summed E-state index contributed by atoms with van der Waals surface area (Å²) in [5.41, 5.74) is 3.61. The number of hydrazine groups is 1. The second-order valence-electron chi connectivity index (χ2n) is 5.36. The average molecular weight is 279 g/mol. The minimum absolute atomic E-state index is 0.312. The number of nitrogens with two attached hydrogens (primary N) is 1. The highest BCUT2D eigenvalue weighted by Gasteiger charge is 2.24. The van der Waals surface area contributed by atoms with Crippen LogP contribution in [0.3, 0.4) is 0 Å². The van der Waals surface area contributed by atoms with Gasteiger partial charge >= 0.3 is 0 Å². The Bertz CT molecular complexity index is 451. The maximum Gasteiger partial charge on any atom is 0.148 e. The molecule has 0 aliphatic carbocycles. The van der Waals surface area contributed by atoms with Crippen molar-refractivity contribution in [2.24, 2.45) is 11.8 Å².